The van der Waals surface area contributed by atoms with Crippen LogP contribution in [-0.4, -0.2) is 42.0 Å². The molecule has 4 nitrogen and oxygen atoms in total. The van der Waals surface area contributed by atoms with Crippen LogP contribution in [0.5, 0.6) is 0 Å². The minimum atomic E-state index is -0.0316. The molecule has 0 radical (unpaired) electrons. The smallest absolute Gasteiger partial charge is 0.230 e. The van der Waals surface area contributed by atoms with Crippen molar-refractivity contribution in [1.82, 2.24) is 9.88 Å². The summed E-state index contributed by atoms with van der Waals surface area (Å²) in [6.07, 6.45) is 2.82. The molecule has 0 bridgehead atoms. The van der Waals surface area contributed by atoms with Gasteiger partial charge in [0.2, 0.25) is 5.91 Å². The Morgan fingerprint density at radius 2 is 1.77 bits per heavy atom. The molecule has 4 rings (SSSR count). The number of benzene rings is 2. The lowest BCUT2D eigenvalue weighted by Gasteiger charge is -2.38. The van der Waals surface area contributed by atoms with Crippen LogP contribution in [-0.2, 0) is 4.79 Å². The van der Waals surface area contributed by atoms with E-state index in [9.17, 15) is 4.79 Å². The molecular formula is C22H25N3O. The van der Waals surface area contributed by atoms with Crippen molar-refractivity contribution in [3.8, 4) is 0 Å². The van der Waals surface area contributed by atoms with E-state index in [1.807, 2.05) is 29.3 Å². The molecule has 1 fully saturated rings. The van der Waals surface area contributed by atoms with Crippen LogP contribution in [0.25, 0.3) is 10.9 Å². The van der Waals surface area contributed by atoms with Crippen LogP contribution in [0.1, 0.15) is 24.8 Å². The number of hydrogen-bond donors (Lipinski definition) is 1. The maximum absolute atomic E-state index is 13.0. The number of nitrogens with zero attached hydrogens (tertiary/aromatic N) is 2. The molecule has 2 heterocycles. The van der Waals surface area contributed by atoms with Gasteiger partial charge in [-0.3, -0.25) is 4.79 Å². The predicted octanol–water partition coefficient (Wildman–Crippen LogP) is 4.01. The zero-order chi connectivity index (χ0) is 17.9. The van der Waals surface area contributed by atoms with Crippen LogP contribution in [0, 0.1) is 0 Å². The molecule has 134 valence electrons. The number of aromatic amines is 1. The number of carbonyl (C=O) groups excluding carboxylic acids is 1. The minimum absolute atomic E-state index is 0.0316. The van der Waals surface area contributed by atoms with Crippen molar-refractivity contribution >= 4 is 22.5 Å². The molecule has 1 aliphatic rings. The number of carbonyl (C=O) groups is 1. The first-order valence-electron chi connectivity index (χ1n) is 9.42. The normalized spacial score (nSPS) is 16.0. The molecule has 0 spiro atoms. The lowest BCUT2D eigenvalue weighted by molar-refractivity contribution is -0.133. The third kappa shape index (κ3) is 3.07. The first kappa shape index (κ1) is 16.7. The van der Waals surface area contributed by atoms with Gasteiger partial charge in [0.05, 0.1) is 5.92 Å². The summed E-state index contributed by atoms with van der Waals surface area (Å²) in [5.41, 5.74) is 3.54. The van der Waals surface area contributed by atoms with Gasteiger partial charge in [-0.1, -0.05) is 43.3 Å². The summed E-state index contributed by atoms with van der Waals surface area (Å²) < 4.78 is 0. The lowest BCUT2D eigenvalue weighted by Crippen LogP contribution is -2.50. The summed E-state index contributed by atoms with van der Waals surface area (Å²) in [6, 6.07) is 18.7. The van der Waals surface area contributed by atoms with Gasteiger partial charge in [0, 0.05) is 49.0 Å². The summed E-state index contributed by atoms with van der Waals surface area (Å²) in [5, 5.41) is 1.25. The van der Waals surface area contributed by atoms with Gasteiger partial charge in [0.15, 0.2) is 0 Å². The number of piperazine rings is 1. The monoisotopic (exact) mass is 347 g/mol. The van der Waals surface area contributed by atoms with Crippen molar-refractivity contribution in [1.29, 1.82) is 0 Å². The number of fused-ring (bicyclic) bond motifs is 1. The van der Waals surface area contributed by atoms with Crippen LogP contribution < -0.4 is 4.90 Å². The van der Waals surface area contributed by atoms with E-state index in [2.05, 4.69) is 53.2 Å². The molecule has 0 saturated carbocycles. The molecule has 1 aromatic heterocycles. The van der Waals surface area contributed by atoms with Crippen molar-refractivity contribution in [2.24, 2.45) is 0 Å². The van der Waals surface area contributed by atoms with Gasteiger partial charge in [-0.15, -0.1) is 0 Å². The Labute approximate surface area is 154 Å². The van der Waals surface area contributed by atoms with Gasteiger partial charge < -0.3 is 14.8 Å². The first-order chi connectivity index (χ1) is 12.8. The average molecular weight is 347 g/mol. The third-order valence-corrected chi connectivity index (χ3v) is 5.41. The van der Waals surface area contributed by atoms with Crippen LogP contribution in [0.15, 0.2) is 60.8 Å². The average Bonchev–Trinajstić information content (AvgIpc) is 3.18. The van der Waals surface area contributed by atoms with E-state index in [1.54, 1.807) is 0 Å². The van der Waals surface area contributed by atoms with Crippen LogP contribution in [0.3, 0.4) is 0 Å². The Kier molecular flexibility index (Phi) is 4.65. The molecule has 1 saturated heterocycles. The molecule has 1 aliphatic heterocycles. The van der Waals surface area contributed by atoms with Gasteiger partial charge in [-0.2, -0.15) is 0 Å². The Morgan fingerprint density at radius 3 is 2.50 bits per heavy atom. The minimum Gasteiger partial charge on any atom is -0.367 e. The number of aromatic nitrogens is 1. The molecular weight excluding hydrogens is 322 g/mol. The van der Waals surface area contributed by atoms with E-state index in [4.69, 9.17) is 0 Å². The maximum Gasteiger partial charge on any atom is 0.230 e. The lowest BCUT2D eigenvalue weighted by atomic mass is 9.94. The molecule has 2 aromatic carbocycles. The summed E-state index contributed by atoms with van der Waals surface area (Å²) in [6.45, 7) is 5.41. The first-order valence-corrected chi connectivity index (χ1v) is 9.42. The van der Waals surface area contributed by atoms with Crippen molar-refractivity contribution in [3.05, 3.63) is 66.4 Å². The Balaban J connectivity index is 1.46. The molecule has 4 heteroatoms. The SMILES string of the molecule is CCC(C(=O)N1CCN(c2cccc3[nH]ccc23)CC1)c1ccccc1. The number of amides is 1. The zero-order valence-corrected chi connectivity index (χ0v) is 15.2. The van der Waals surface area contributed by atoms with E-state index in [0.717, 1.165) is 43.7 Å². The molecule has 0 aliphatic carbocycles. The van der Waals surface area contributed by atoms with Gasteiger partial charge in [0.1, 0.15) is 0 Å². The Hall–Kier alpha value is -2.75. The largest absolute Gasteiger partial charge is 0.367 e. The van der Waals surface area contributed by atoms with Gasteiger partial charge in [0.25, 0.3) is 0 Å². The fourth-order valence-electron chi connectivity index (χ4n) is 3.97. The van der Waals surface area contributed by atoms with E-state index in [-0.39, 0.29) is 11.8 Å². The van der Waals surface area contributed by atoms with E-state index < -0.39 is 0 Å². The van der Waals surface area contributed by atoms with Crippen molar-refractivity contribution in [2.75, 3.05) is 31.1 Å². The number of anilines is 1. The summed E-state index contributed by atoms with van der Waals surface area (Å²) in [7, 11) is 0. The molecule has 1 unspecified atom stereocenters. The summed E-state index contributed by atoms with van der Waals surface area (Å²) in [4.78, 5) is 20.8. The number of H-pyrrole nitrogens is 1. The van der Waals surface area contributed by atoms with Crippen LogP contribution in [0.2, 0.25) is 0 Å². The standard InChI is InChI=1S/C22H25N3O/c1-2-18(17-7-4-3-5-8-17)22(26)25-15-13-24(14-16-25)21-10-6-9-20-19(21)11-12-23-20/h3-12,18,23H,2,13-16H2,1H3. The fourth-order valence-corrected chi connectivity index (χ4v) is 3.97. The number of rotatable bonds is 4. The van der Waals surface area contributed by atoms with Crippen LogP contribution >= 0.6 is 0 Å². The van der Waals surface area contributed by atoms with Gasteiger partial charge >= 0.3 is 0 Å². The van der Waals surface area contributed by atoms with Crippen molar-refractivity contribution in [2.45, 2.75) is 19.3 Å². The second kappa shape index (κ2) is 7.24. The highest BCUT2D eigenvalue weighted by molar-refractivity contribution is 5.92. The molecule has 26 heavy (non-hydrogen) atoms. The third-order valence-electron chi connectivity index (χ3n) is 5.41. The molecule has 3 aromatic rings. The highest BCUT2D eigenvalue weighted by atomic mass is 16.2. The van der Waals surface area contributed by atoms with E-state index >= 15 is 0 Å². The molecule has 1 amide bonds. The van der Waals surface area contributed by atoms with Crippen molar-refractivity contribution < 1.29 is 4.79 Å². The Bertz CT molecular complexity index is 879. The molecule has 1 N–H and O–H groups in total. The molecule has 1 atom stereocenters. The Morgan fingerprint density at radius 1 is 1.00 bits per heavy atom. The fraction of sp³-hybridized carbons (Fsp3) is 0.318. The second-order valence-electron chi connectivity index (χ2n) is 6.90. The van der Waals surface area contributed by atoms with E-state index in [0.29, 0.717) is 0 Å². The highest BCUT2D eigenvalue weighted by Gasteiger charge is 2.27. The summed E-state index contributed by atoms with van der Waals surface area (Å²) in [5.74, 6) is 0.231. The zero-order valence-electron chi connectivity index (χ0n) is 15.2. The maximum atomic E-state index is 13.0. The van der Waals surface area contributed by atoms with E-state index in [1.165, 1.54) is 11.1 Å². The van der Waals surface area contributed by atoms with Crippen molar-refractivity contribution in [3.63, 3.8) is 0 Å². The topological polar surface area (TPSA) is 39.3 Å². The van der Waals surface area contributed by atoms with Gasteiger partial charge in [-0.05, 0) is 30.2 Å². The predicted molar refractivity (Wildman–Crippen MR) is 107 cm³/mol. The second-order valence-corrected chi connectivity index (χ2v) is 6.90. The highest BCUT2D eigenvalue weighted by Crippen LogP contribution is 2.28. The number of hydrogen-bond acceptors (Lipinski definition) is 2. The summed E-state index contributed by atoms with van der Waals surface area (Å²) >= 11 is 0. The van der Waals surface area contributed by atoms with Gasteiger partial charge in [-0.25, -0.2) is 0 Å². The number of nitrogens with one attached hydrogen (secondary N) is 1. The quantitative estimate of drug-likeness (QED) is 0.774. The van der Waals surface area contributed by atoms with Crippen LogP contribution in [0.4, 0.5) is 5.69 Å².